The standard InChI is InChI=1S/C9H12ClNO3S/c10-8-2-1-7(15-8)9(14)11-4-3-6(13)5-12/h1-2,6,12-13H,3-5H2,(H,11,14). The van der Waals surface area contributed by atoms with Crippen molar-refractivity contribution >= 4 is 28.8 Å². The Morgan fingerprint density at radius 2 is 2.33 bits per heavy atom. The molecule has 1 aromatic heterocycles. The van der Waals surface area contributed by atoms with Crippen molar-refractivity contribution in [2.45, 2.75) is 12.5 Å². The van der Waals surface area contributed by atoms with Gasteiger partial charge < -0.3 is 15.5 Å². The van der Waals surface area contributed by atoms with Gasteiger partial charge in [0.15, 0.2) is 0 Å². The molecule has 0 radical (unpaired) electrons. The van der Waals surface area contributed by atoms with Gasteiger partial charge in [-0.25, -0.2) is 0 Å². The molecule has 1 rings (SSSR count). The van der Waals surface area contributed by atoms with Crippen LogP contribution in [-0.4, -0.2) is 35.4 Å². The third kappa shape index (κ3) is 4.17. The Hall–Kier alpha value is -0.620. The van der Waals surface area contributed by atoms with Crippen LogP contribution in [0.15, 0.2) is 12.1 Å². The molecule has 1 atom stereocenters. The highest BCUT2D eigenvalue weighted by Gasteiger charge is 2.08. The smallest absolute Gasteiger partial charge is 0.261 e. The second-order valence-corrected chi connectivity index (χ2v) is 4.70. The van der Waals surface area contributed by atoms with E-state index in [4.69, 9.17) is 21.8 Å². The summed E-state index contributed by atoms with van der Waals surface area (Å²) in [5.41, 5.74) is 0. The maximum absolute atomic E-state index is 11.4. The topological polar surface area (TPSA) is 69.6 Å². The largest absolute Gasteiger partial charge is 0.394 e. The Morgan fingerprint density at radius 1 is 1.60 bits per heavy atom. The number of hydrogen-bond donors (Lipinski definition) is 3. The molecule has 0 aliphatic rings. The SMILES string of the molecule is O=C(NCCC(O)CO)c1ccc(Cl)s1. The van der Waals surface area contributed by atoms with Crippen molar-refractivity contribution in [2.75, 3.05) is 13.2 Å². The van der Waals surface area contributed by atoms with Crippen LogP contribution in [0.3, 0.4) is 0 Å². The van der Waals surface area contributed by atoms with Crippen LogP contribution >= 0.6 is 22.9 Å². The molecule has 0 saturated heterocycles. The van der Waals surface area contributed by atoms with E-state index in [2.05, 4.69) is 5.32 Å². The zero-order valence-electron chi connectivity index (χ0n) is 7.94. The number of aliphatic hydroxyl groups is 2. The van der Waals surface area contributed by atoms with E-state index in [0.717, 1.165) is 0 Å². The molecule has 1 heterocycles. The lowest BCUT2D eigenvalue weighted by Crippen LogP contribution is -2.27. The minimum atomic E-state index is -0.780. The molecule has 84 valence electrons. The molecule has 15 heavy (non-hydrogen) atoms. The highest BCUT2D eigenvalue weighted by atomic mass is 35.5. The number of aliphatic hydroxyl groups excluding tert-OH is 2. The van der Waals surface area contributed by atoms with Crippen molar-refractivity contribution in [3.8, 4) is 0 Å². The molecule has 0 spiro atoms. The lowest BCUT2D eigenvalue weighted by atomic mass is 10.2. The predicted molar refractivity (Wildman–Crippen MR) is 59.4 cm³/mol. The molecule has 0 aromatic carbocycles. The Labute approximate surface area is 96.5 Å². The van der Waals surface area contributed by atoms with E-state index in [1.54, 1.807) is 12.1 Å². The van der Waals surface area contributed by atoms with Crippen LogP contribution < -0.4 is 5.32 Å². The van der Waals surface area contributed by atoms with Crippen molar-refractivity contribution < 1.29 is 15.0 Å². The van der Waals surface area contributed by atoms with Crippen LogP contribution in [0.5, 0.6) is 0 Å². The van der Waals surface area contributed by atoms with Crippen molar-refractivity contribution in [1.82, 2.24) is 5.32 Å². The predicted octanol–water partition coefficient (Wildman–Crippen LogP) is 0.875. The van der Waals surface area contributed by atoms with Crippen LogP contribution in [0.1, 0.15) is 16.1 Å². The number of nitrogens with one attached hydrogen (secondary N) is 1. The molecule has 0 saturated carbocycles. The van der Waals surface area contributed by atoms with Gasteiger partial charge in [0.05, 0.1) is 21.9 Å². The first-order valence-corrected chi connectivity index (χ1v) is 5.65. The molecule has 1 aromatic rings. The summed E-state index contributed by atoms with van der Waals surface area (Å²) in [5.74, 6) is -0.211. The van der Waals surface area contributed by atoms with Crippen molar-refractivity contribution in [3.63, 3.8) is 0 Å². The van der Waals surface area contributed by atoms with Gasteiger partial charge in [-0.2, -0.15) is 0 Å². The zero-order chi connectivity index (χ0) is 11.3. The summed E-state index contributed by atoms with van der Waals surface area (Å²) in [6.45, 7) is 0.0385. The summed E-state index contributed by atoms with van der Waals surface area (Å²) < 4.78 is 0.565. The average Bonchev–Trinajstić information content (AvgIpc) is 2.64. The van der Waals surface area contributed by atoms with Gasteiger partial charge >= 0.3 is 0 Å². The fraction of sp³-hybridized carbons (Fsp3) is 0.444. The van der Waals surface area contributed by atoms with E-state index in [1.165, 1.54) is 11.3 Å². The Bertz CT molecular complexity index is 329. The first kappa shape index (κ1) is 12.4. The van der Waals surface area contributed by atoms with Gasteiger partial charge in [-0.05, 0) is 18.6 Å². The molecular weight excluding hydrogens is 238 g/mol. The monoisotopic (exact) mass is 249 g/mol. The quantitative estimate of drug-likeness (QED) is 0.726. The molecule has 1 unspecified atom stereocenters. The van der Waals surface area contributed by atoms with Gasteiger partial charge in [-0.1, -0.05) is 11.6 Å². The molecule has 0 aliphatic carbocycles. The Morgan fingerprint density at radius 3 is 2.87 bits per heavy atom. The lowest BCUT2D eigenvalue weighted by Gasteiger charge is -2.07. The lowest BCUT2D eigenvalue weighted by molar-refractivity contribution is 0.0835. The molecule has 4 nitrogen and oxygen atoms in total. The van der Waals surface area contributed by atoms with Gasteiger partial charge in [0.25, 0.3) is 5.91 Å². The van der Waals surface area contributed by atoms with Gasteiger partial charge in [0, 0.05) is 6.54 Å². The highest BCUT2D eigenvalue weighted by molar-refractivity contribution is 7.17. The molecular formula is C9H12ClNO3S. The number of thiophene rings is 1. The molecule has 0 bridgehead atoms. The number of halogens is 1. The van der Waals surface area contributed by atoms with Gasteiger partial charge in [0.1, 0.15) is 0 Å². The van der Waals surface area contributed by atoms with E-state index in [9.17, 15) is 4.79 Å². The zero-order valence-corrected chi connectivity index (χ0v) is 9.51. The highest BCUT2D eigenvalue weighted by Crippen LogP contribution is 2.20. The second-order valence-electron chi connectivity index (χ2n) is 2.98. The van der Waals surface area contributed by atoms with Gasteiger partial charge in [-0.15, -0.1) is 11.3 Å². The number of carbonyl (C=O) groups excluding carboxylic acids is 1. The second kappa shape index (κ2) is 6.07. The minimum Gasteiger partial charge on any atom is -0.394 e. The van der Waals surface area contributed by atoms with Crippen molar-refractivity contribution in [2.24, 2.45) is 0 Å². The van der Waals surface area contributed by atoms with Crippen LogP contribution in [0.2, 0.25) is 4.34 Å². The van der Waals surface area contributed by atoms with E-state index in [0.29, 0.717) is 22.2 Å². The maximum Gasteiger partial charge on any atom is 0.261 e. The molecule has 0 aliphatic heterocycles. The summed E-state index contributed by atoms with van der Waals surface area (Å²) >= 11 is 6.88. The van der Waals surface area contributed by atoms with E-state index in [1.807, 2.05) is 0 Å². The molecule has 3 N–H and O–H groups in total. The Balaban J connectivity index is 2.31. The average molecular weight is 250 g/mol. The van der Waals surface area contributed by atoms with Crippen LogP contribution in [0.4, 0.5) is 0 Å². The van der Waals surface area contributed by atoms with E-state index in [-0.39, 0.29) is 12.5 Å². The fourth-order valence-corrected chi connectivity index (χ4v) is 1.93. The summed E-state index contributed by atoms with van der Waals surface area (Å²) in [7, 11) is 0. The summed E-state index contributed by atoms with van der Waals surface area (Å²) in [6.07, 6.45) is -0.446. The first-order valence-electron chi connectivity index (χ1n) is 4.46. The van der Waals surface area contributed by atoms with Crippen molar-refractivity contribution in [3.05, 3.63) is 21.3 Å². The molecule has 6 heteroatoms. The Kier molecular flexibility index (Phi) is 5.04. The van der Waals surface area contributed by atoms with Crippen LogP contribution in [0, 0.1) is 0 Å². The minimum absolute atomic E-state index is 0.211. The van der Waals surface area contributed by atoms with Crippen LogP contribution in [0.25, 0.3) is 0 Å². The van der Waals surface area contributed by atoms with E-state index < -0.39 is 6.10 Å². The van der Waals surface area contributed by atoms with Crippen molar-refractivity contribution in [1.29, 1.82) is 0 Å². The normalized spacial score (nSPS) is 12.5. The number of hydrogen-bond acceptors (Lipinski definition) is 4. The van der Waals surface area contributed by atoms with Crippen LogP contribution in [-0.2, 0) is 0 Å². The fourth-order valence-electron chi connectivity index (χ4n) is 0.967. The number of amides is 1. The van der Waals surface area contributed by atoms with Gasteiger partial charge in [0.2, 0.25) is 0 Å². The molecule has 0 fully saturated rings. The number of rotatable bonds is 5. The maximum atomic E-state index is 11.4. The third-order valence-corrected chi connectivity index (χ3v) is 3.00. The summed E-state index contributed by atoms with van der Waals surface area (Å²) in [6, 6.07) is 3.30. The van der Waals surface area contributed by atoms with E-state index >= 15 is 0 Å². The summed E-state index contributed by atoms with van der Waals surface area (Å²) in [4.78, 5) is 12.0. The molecule has 1 amide bonds. The van der Waals surface area contributed by atoms with Gasteiger partial charge in [-0.3, -0.25) is 4.79 Å². The number of carbonyl (C=O) groups is 1. The summed E-state index contributed by atoms with van der Waals surface area (Å²) in [5, 5.41) is 20.2. The third-order valence-electron chi connectivity index (χ3n) is 1.77. The first-order chi connectivity index (χ1) is 7.13.